The fourth-order valence-electron chi connectivity index (χ4n) is 4.22. The Bertz CT molecular complexity index is 1550. The summed E-state index contributed by atoms with van der Waals surface area (Å²) in [6.07, 6.45) is 0. The summed E-state index contributed by atoms with van der Waals surface area (Å²) in [6, 6.07) is 13.1. The molecule has 0 saturated carbocycles. The molecule has 0 bridgehead atoms. The topological polar surface area (TPSA) is 165 Å². The summed E-state index contributed by atoms with van der Waals surface area (Å²) in [5.74, 6) is -1.12. The molecule has 3 aromatic heterocycles. The predicted octanol–water partition coefficient (Wildman–Crippen LogP) is 4.67. The first-order valence-corrected chi connectivity index (χ1v) is 12.7. The highest BCUT2D eigenvalue weighted by Crippen LogP contribution is 2.36. The number of nitro groups is 1. The second kappa shape index (κ2) is 10.9. The summed E-state index contributed by atoms with van der Waals surface area (Å²) in [5, 5.41) is 36.0. The molecule has 5 rings (SSSR count). The van der Waals surface area contributed by atoms with Gasteiger partial charge in [0.25, 0.3) is 5.69 Å². The van der Waals surface area contributed by atoms with Crippen molar-refractivity contribution in [2.45, 2.75) is 13.5 Å². The number of carbonyl (C=O) groups is 1. The van der Waals surface area contributed by atoms with Crippen molar-refractivity contribution in [2.24, 2.45) is 0 Å². The maximum atomic E-state index is 11.6. The Labute approximate surface area is 225 Å². The molecule has 0 aliphatic carbocycles. The van der Waals surface area contributed by atoms with Gasteiger partial charge in [-0.25, -0.2) is 9.78 Å². The number of morpholine rings is 1. The summed E-state index contributed by atoms with van der Waals surface area (Å²) >= 11 is 0.732. The minimum Gasteiger partial charge on any atom is -0.477 e. The van der Waals surface area contributed by atoms with E-state index >= 15 is 0 Å². The van der Waals surface area contributed by atoms with Crippen LogP contribution in [0.5, 0.6) is 5.88 Å². The van der Waals surface area contributed by atoms with Gasteiger partial charge in [0.05, 0.1) is 40.5 Å². The lowest BCUT2D eigenvalue weighted by Crippen LogP contribution is -2.36. The van der Waals surface area contributed by atoms with Crippen molar-refractivity contribution in [1.29, 1.82) is 5.26 Å². The Morgan fingerprint density at radius 3 is 2.64 bits per heavy atom. The molecule has 1 aromatic carbocycles. The van der Waals surface area contributed by atoms with Gasteiger partial charge in [-0.1, -0.05) is 17.3 Å². The molecule has 198 valence electrons. The van der Waals surface area contributed by atoms with Crippen LogP contribution in [-0.2, 0) is 11.3 Å². The molecule has 0 atom stereocenters. The van der Waals surface area contributed by atoms with Gasteiger partial charge in [-0.05, 0) is 25.1 Å². The number of hydrogen-bond donors (Lipinski definition) is 1. The molecule has 0 radical (unpaired) electrons. The molecule has 0 amide bonds. The maximum Gasteiger partial charge on any atom is 0.346 e. The molecule has 4 heterocycles. The Hall–Kier alpha value is -4.80. The quantitative estimate of drug-likeness (QED) is 0.241. The highest BCUT2D eigenvalue weighted by Gasteiger charge is 2.27. The number of anilines is 1. The van der Waals surface area contributed by atoms with Gasteiger partial charge in [0, 0.05) is 36.0 Å². The van der Waals surface area contributed by atoms with Gasteiger partial charge in [-0.3, -0.25) is 10.1 Å². The van der Waals surface area contributed by atoms with Gasteiger partial charge in [-0.2, -0.15) is 5.26 Å². The van der Waals surface area contributed by atoms with E-state index in [0.29, 0.717) is 35.9 Å². The van der Waals surface area contributed by atoms with Crippen LogP contribution in [0.3, 0.4) is 0 Å². The molecule has 0 spiro atoms. The predicted molar refractivity (Wildman–Crippen MR) is 140 cm³/mol. The first-order chi connectivity index (χ1) is 18.9. The van der Waals surface area contributed by atoms with Crippen LogP contribution in [0.4, 0.5) is 11.4 Å². The Morgan fingerprint density at radius 1 is 1.28 bits per heavy atom. The highest BCUT2D eigenvalue weighted by molar-refractivity contribution is 7.12. The van der Waals surface area contributed by atoms with Crippen molar-refractivity contribution >= 4 is 28.7 Å². The van der Waals surface area contributed by atoms with Crippen molar-refractivity contribution in [3.63, 3.8) is 0 Å². The average Bonchev–Trinajstić information content (AvgIpc) is 3.58. The van der Waals surface area contributed by atoms with Crippen LogP contribution in [-0.4, -0.2) is 52.4 Å². The first kappa shape index (κ1) is 25.8. The summed E-state index contributed by atoms with van der Waals surface area (Å²) in [5.41, 5.74) is 2.72. The molecule has 1 saturated heterocycles. The average molecular weight is 548 g/mol. The summed E-state index contributed by atoms with van der Waals surface area (Å²) in [7, 11) is 0. The van der Waals surface area contributed by atoms with E-state index in [1.54, 1.807) is 19.1 Å². The molecule has 13 heteroatoms. The van der Waals surface area contributed by atoms with Crippen LogP contribution >= 0.6 is 11.3 Å². The van der Waals surface area contributed by atoms with Crippen molar-refractivity contribution in [1.82, 2.24) is 10.1 Å². The Kier molecular flexibility index (Phi) is 7.22. The van der Waals surface area contributed by atoms with Crippen molar-refractivity contribution in [3.8, 4) is 34.5 Å². The number of aromatic nitrogens is 2. The number of nitrogens with zero attached hydrogens (tertiary/aromatic N) is 5. The number of thiophene rings is 1. The summed E-state index contributed by atoms with van der Waals surface area (Å²) in [6.45, 7) is 4.16. The summed E-state index contributed by atoms with van der Waals surface area (Å²) < 4.78 is 16.7. The van der Waals surface area contributed by atoms with E-state index in [1.165, 1.54) is 0 Å². The molecule has 1 N–H and O–H groups in total. The highest BCUT2D eigenvalue weighted by atomic mass is 32.1. The normalized spacial score (nSPS) is 13.2. The zero-order valence-electron chi connectivity index (χ0n) is 20.6. The van der Waals surface area contributed by atoms with E-state index in [0.717, 1.165) is 41.1 Å². The lowest BCUT2D eigenvalue weighted by molar-refractivity contribution is -0.385. The number of aromatic carboxylic acids is 1. The first-order valence-electron chi connectivity index (χ1n) is 11.8. The number of nitriles is 1. The van der Waals surface area contributed by atoms with Crippen molar-refractivity contribution in [3.05, 3.63) is 73.6 Å². The molecule has 12 nitrogen and oxygen atoms in total. The van der Waals surface area contributed by atoms with Gasteiger partial charge in [0.1, 0.15) is 23.1 Å². The van der Waals surface area contributed by atoms with Gasteiger partial charge in [0.15, 0.2) is 5.76 Å². The monoisotopic (exact) mass is 547 g/mol. The molecule has 1 aliphatic rings. The molecule has 0 unspecified atom stereocenters. The van der Waals surface area contributed by atoms with E-state index in [1.807, 2.05) is 24.3 Å². The number of aryl methyl sites for hydroxylation is 1. The van der Waals surface area contributed by atoms with Crippen LogP contribution in [0.1, 0.15) is 26.5 Å². The fourth-order valence-corrected chi connectivity index (χ4v) is 5.08. The second-order valence-corrected chi connectivity index (χ2v) is 9.49. The lowest BCUT2D eigenvalue weighted by atomic mass is 10.0. The third-order valence-electron chi connectivity index (χ3n) is 6.15. The van der Waals surface area contributed by atoms with Crippen LogP contribution < -0.4 is 9.64 Å². The summed E-state index contributed by atoms with van der Waals surface area (Å²) in [4.78, 5) is 29.0. The van der Waals surface area contributed by atoms with Crippen LogP contribution in [0.25, 0.3) is 22.6 Å². The molecule has 1 aliphatic heterocycles. The number of carboxylic acid groups (broad SMARTS) is 1. The SMILES string of the molecule is Cc1cc(-c2cc(-c3ccc(N4CCOCC4)cc3)nc(OCc3c([N+](=O)[O-])csc3C(=O)O)c2C#N)on1. The van der Waals surface area contributed by atoms with Crippen LogP contribution in [0.15, 0.2) is 46.3 Å². The smallest absolute Gasteiger partial charge is 0.346 e. The van der Waals surface area contributed by atoms with Gasteiger partial charge in [-0.15, -0.1) is 11.3 Å². The number of pyridine rings is 1. The third-order valence-corrected chi connectivity index (χ3v) is 7.14. The van der Waals surface area contributed by atoms with E-state index in [2.05, 4.69) is 21.1 Å². The zero-order valence-corrected chi connectivity index (χ0v) is 21.4. The standard InChI is InChI=1S/C26H21N5O7S/c1-15-10-23(38-29-15)18-11-21(16-2-4-17(5-3-16)30-6-8-36-9-7-30)28-25(19(18)12-27)37-13-20-22(31(34)35)14-39-24(20)26(32)33/h2-5,10-11,14H,6-9,13H2,1H3,(H,32,33). The second-order valence-electron chi connectivity index (χ2n) is 8.61. The molecule has 4 aromatic rings. The maximum absolute atomic E-state index is 11.6. The van der Waals surface area contributed by atoms with Gasteiger partial charge >= 0.3 is 5.97 Å². The molecular weight excluding hydrogens is 526 g/mol. The minimum absolute atomic E-state index is 0.0228. The van der Waals surface area contributed by atoms with Crippen molar-refractivity contribution in [2.75, 3.05) is 31.2 Å². The van der Waals surface area contributed by atoms with E-state index < -0.39 is 17.5 Å². The van der Waals surface area contributed by atoms with E-state index in [4.69, 9.17) is 14.0 Å². The van der Waals surface area contributed by atoms with Gasteiger partial charge in [0.2, 0.25) is 5.88 Å². The lowest BCUT2D eigenvalue weighted by Gasteiger charge is -2.28. The fraction of sp³-hybridized carbons (Fsp3) is 0.231. The molecular formula is C26H21N5O7S. The number of ether oxygens (including phenoxy) is 2. The van der Waals surface area contributed by atoms with Crippen LogP contribution in [0.2, 0.25) is 0 Å². The van der Waals surface area contributed by atoms with E-state index in [9.17, 15) is 25.3 Å². The largest absolute Gasteiger partial charge is 0.477 e. The van der Waals surface area contributed by atoms with Crippen LogP contribution in [0, 0.1) is 28.4 Å². The van der Waals surface area contributed by atoms with Gasteiger partial charge < -0.3 is 24.0 Å². The minimum atomic E-state index is -1.31. The Morgan fingerprint density at radius 2 is 2.03 bits per heavy atom. The zero-order chi connectivity index (χ0) is 27.5. The van der Waals surface area contributed by atoms with Crippen molar-refractivity contribution < 1.29 is 28.8 Å². The number of benzene rings is 1. The van der Waals surface area contributed by atoms with E-state index in [-0.39, 0.29) is 27.6 Å². The Balaban J connectivity index is 1.56. The number of rotatable bonds is 8. The third kappa shape index (κ3) is 5.28. The number of hydrogen-bond acceptors (Lipinski definition) is 11. The molecule has 1 fully saturated rings. The number of carboxylic acids is 1. The molecule has 39 heavy (non-hydrogen) atoms.